The third kappa shape index (κ3) is 6.26. The van der Waals surface area contributed by atoms with Gasteiger partial charge >= 0.3 is 0 Å². The van der Waals surface area contributed by atoms with Gasteiger partial charge in [0.25, 0.3) is 0 Å². The van der Waals surface area contributed by atoms with Crippen LogP contribution in [-0.4, -0.2) is 35.1 Å². The quantitative estimate of drug-likeness (QED) is 0.578. The molecule has 0 bridgehead atoms. The molecule has 0 aliphatic heterocycles. The van der Waals surface area contributed by atoms with E-state index in [2.05, 4.69) is 17.1 Å². The minimum Gasteiger partial charge on any atom is -0.508 e. The van der Waals surface area contributed by atoms with E-state index < -0.39 is 0 Å². The molecule has 0 fully saturated rings. The van der Waals surface area contributed by atoms with Crippen LogP contribution in [0.1, 0.15) is 17.5 Å². The summed E-state index contributed by atoms with van der Waals surface area (Å²) < 4.78 is 0. The normalized spacial score (nSPS) is 11.8. The number of aliphatic imine (C=N–C) groups is 1. The van der Waals surface area contributed by atoms with Gasteiger partial charge in [-0.3, -0.25) is 0 Å². The fourth-order valence-electron chi connectivity index (χ4n) is 2.36. The first-order chi connectivity index (χ1) is 11.7. The Hall–Kier alpha value is -2.59. The van der Waals surface area contributed by atoms with Crippen molar-refractivity contribution in [2.24, 2.45) is 4.99 Å². The highest BCUT2D eigenvalue weighted by atomic mass is 16.3. The number of hydrogen-bond acceptors (Lipinski definition) is 3. The summed E-state index contributed by atoms with van der Waals surface area (Å²) in [5, 5.41) is 18.6. The average molecular weight is 324 g/mol. The van der Waals surface area contributed by atoms with Crippen LogP contribution < -0.4 is 0 Å². The molecular formula is C20H24N2O2. The lowest BCUT2D eigenvalue weighted by Crippen LogP contribution is -2.15. The number of hydrogen-bond donors (Lipinski definition) is 2. The Morgan fingerprint density at radius 2 is 1.83 bits per heavy atom. The van der Waals surface area contributed by atoms with Gasteiger partial charge in [0.1, 0.15) is 5.75 Å². The third-order valence-electron chi connectivity index (χ3n) is 3.50. The average Bonchev–Trinajstić information content (AvgIpc) is 2.58. The Balaban J connectivity index is 2.00. The summed E-state index contributed by atoms with van der Waals surface area (Å²) >= 11 is 0. The molecule has 0 saturated heterocycles. The van der Waals surface area contributed by atoms with E-state index >= 15 is 0 Å². The van der Waals surface area contributed by atoms with Gasteiger partial charge < -0.3 is 15.1 Å². The van der Waals surface area contributed by atoms with Crippen molar-refractivity contribution in [2.45, 2.75) is 19.4 Å². The van der Waals surface area contributed by atoms with E-state index in [0.29, 0.717) is 13.0 Å². The van der Waals surface area contributed by atoms with Crippen molar-refractivity contribution in [3.63, 3.8) is 0 Å². The highest BCUT2D eigenvalue weighted by Gasteiger charge is 2.00. The molecule has 2 N–H and O–H groups in total. The molecule has 0 amide bonds. The Kier molecular flexibility index (Phi) is 7.05. The van der Waals surface area contributed by atoms with E-state index in [-0.39, 0.29) is 12.4 Å². The molecule has 24 heavy (non-hydrogen) atoms. The second kappa shape index (κ2) is 9.53. The van der Waals surface area contributed by atoms with Gasteiger partial charge in [0.15, 0.2) is 0 Å². The van der Waals surface area contributed by atoms with Crippen molar-refractivity contribution < 1.29 is 10.2 Å². The lowest BCUT2D eigenvalue weighted by Gasteiger charge is -2.14. The zero-order chi connectivity index (χ0) is 17.2. The molecule has 2 rings (SSSR count). The van der Waals surface area contributed by atoms with Gasteiger partial charge in [-0.1, -0.05) is 48.5 Å². The van der Waals surface area contributed by atoms with Crippen LogP contribution in [-0.2, 0) is 13.0 Å². The fourth-order valence-corrected chi connectivity index (χ4v) is 2.36. The number of aliphatic hydroxyl groups is 1. The molecular weight excluding hydrogens is 300 g/mol. The van der Waals surface area contributed by atoms with Crippen molar-refractivity contribution in [2.75, 3.05) is 13.7 Å². The number of aromatic hydroxyl groups is 1. The standard InChI is InChI=1S/C20H24N2O2/c1-22(15-18-9-5-11-20(24)14-18)16-21-19(10-6-12-23)13-17-7-3-2-4-8-17/h2-5,7-11,14,16,23-24H,6,12-13,15H2,1H3/b19-10+,21-16?. The zero-order valence-electron chi connectivity index (χ0n) is 14.0. The van der Waals surface area contributed by atoms with Crippen LogP contribution >= 0.6 is 0 Å². The summed E-state index contributed by atoms with van der Waals surface area (Å²) in [5.74, 6) is 0.269. The van der Waals surface area contributed by atoms with Gasteiger partial charge in [0.2, 0.25) is 0 Å². The largest absolute Gasteiger partial charge is 0.508 e. The van der Waals surface area contributed by atoms with Gasteiger partial charge in [-0.2, -0.15) is 0 Å². The number of nitrogens with zero attached hydrogens (tertiary/aromatic N) is 2. The van der Waals surface area contributed by atoms with Gasteiger partial charge in [0.05, 0.1) is 6.34 Å². The van der Waals surface area contributed by atoms with Crippen molar-refractivity contribution in [3.05, 3.63) is 77.5 Å². The minimum absolute atomic E-state index is 0.118. The number of rotatable bonds is 8. The van der Waals surface area contributed by atoms with Crippen LogP contribution in [0.25, 0.3) is 0 Å². The SMILES string of the molecule is CN(C=N/C(=C/CCO)Cc1ccccc1)Cc1cccc(O)c1. The summed E-state index contributed by atoms with van der Waals surface area (Å²) in [6.45, 7) is 0.781. The van der Waals surface area contributed by atoms with E-state index in [4.69, 9.17) is 5.11 Å². The van der Waals surface area contributed by atoms with E-state index in [9.17, 15) is 5.11 Å². The number of phenolic OH excluding ortho intramolecular Hbond substituents is 1. The number of allylic oxidation sites excluding steroid dienone is 1. The van der Waals surface area contributed by atoms with Crippen LogP contribution in [0.4, 0.5) is 0 Å². The Morgan fingerprint density at radius 1 is 1.08 bits per heavy atom. The van der Waals surface area contributed by atoms with Crippen LogP contribution in [0.3, 0.4) is 0 Å². The van der Waals surface area contributed by atoms with Crippen LogP contribution in [0.2, 0.25) is 0 Å². The maximum absolute atomic E-state index is 9.52. The predicted molar refractivity (Wildman–Crippen MR) is 98.0 cm³/mol. The molecule has 2 aromatic rings. The topological polar surface area (TPSA) is 56.1 Å². The summed E-state index contributed by atoms with van der Waals surface area (Å²) in [6.07, 6.45) is 5.08. The van der Waals surface area contributed by atoms with Crippen molar-refractivity contribution in [1.82, 2.24) is 4.90 Å². The number of benzene rings is 2. The Bertz CT molecular complexity index is 681. The molecule has 0 unspecified atom stereocenters. The number of aliphatic hydroxyl groups excluding tert-OH is 1. The summed E-state index contributed by atoms with van der Waals surface area (Å²) in [4.78, 5) is 6.53. The van der Waals surface area contributed by atoms with E-state index in [1.165, 1.54) is 5.56 Å². The van der Waals surface area contributed by atoms with Crippen molar-refractivity contribution >= 4 is 6.34 Å². The molecule has 126 valence electrons. The monoisotopic (exact) mass is 324 g/mol. The van der Waals surface area contributed by atoms with Gasteiger partial charge in [-0.25, -0.2) is 4.99 Å². The Morgan fingerprint density at radius 3 is 2.54 bits per heavy atom. The summed E-state index contributed by atoms with van der Waals surface area (Å²) in [6, 6.07) is 17.4. The molecule has 0 heterocycles. The number of phenols is 1. The van der Waals surface area contributed by atoms with Gasteiger partial charge in [-0.15, -0.1) is 0 Å². The first-order valence-corrected chi connectivity index (χ1v) is 8.03. The maximum Gasteiger partial charge on any atom is 0.115 e. The van der Waals surface area contributed by atoms with Crippen molar-refractivity contribution in [3.8, 4) is 5.75 Å². The molecule has 0 aliphatic rings. The highest BCUT2D eigenvalue weighted by Crippen LogP contribution is 2.13. The van der Waals surface area contributed by atoms with Crippen molar-refractivity contribution in [1.29, 1.82) is 0 Å². The predicted octanol–water partition coefficient (Wildman–Crippen LogP) is 3.36. The highest BCUT2D eigenvalue weighted by molar-refractivity contribution is 5.56. The molecule has 0 saturated carbocycles. The second-order valence-electron chi connectivity index (χ2n) is 5.70. The first kappa shape index (κ1) is 17.8. The van der Waals surface area contributed by atoms with E-state index in [1.807, 2.05) is 48.4 Å². The van der Waals surface area contributed by atoms with Crippen LogP contribution in [0.5, 0.6) is 5.75 Å². The third-order valence-corrected chi connectivity index (χ3v) is 3.50. The fraction of sp³-hybridized carbons (Fsp3) is 0.250. The van der Waals surface area contributed by atoms with E-state index in [1.54, 1.807) is 18.5 Å². The molecule has 4 nitrogen and oxygen atoms in total. The Labute approximate surface area is 143 Å². The smallest absolute Gasteiger partial charge is 0.115 e. The molecule has 0 spiro atoms. The van der Waals surface area contributed by atoms with Gasteiger partial charge in [-0.05, 0) is 29.7 Å². The van der Waals surface area contributed by atoms with E-state index in [0.717, 1.165) is 17.7 Å². The summed E-state index contributed by atoms with van der Waals surface area (Å²) in [5.41, 5.74) is 3.14. The first-order valence-electron chi connectivity index (χ1n) is 8.03. The van der Waals surface area contributed by atoms with Crippen LogP contribution in [0, 0.1) is 0 Å². The zero-order valence-corrected chi connectivity index (χ0v) is 14.0. The lowest BCUT2D eigenvalue weighted by atomic mass is 10.1. The minimum atomic E-state index is 0.118. The molecule has 4 heteroatoms. The second-order valence-corrected chi connectivity index (χ2v) is 5.70. The molecule has 0 atom stereocenters. The van der Waals surface area contributed by atoms with Crippen LogP contribution in [0.15, 0.2) is 71.4 Å². The molecule has 0 radical (unpaired) electrons. The molecule has 2 aromatic carbocycles. The lowest BCUT2D eigenvalue weighted by molar-refractivity contribution is 0.302. The van der Waals surface area contributed by atoms with Gasteiger partial charge in [0, 0.05) is 32.3 Å². The summed E-state index contributed by atoms with van der Waals surface area (Å²) in [7, 11) is 1.94. The molecule has 0 aliphatic carbocycles. The molecule has 0 aromatic heterocycles. The maximum atomic E-state index is 9.52.